The van der Waals surface area contributed by atoms with Gasteiger partial charge in [-0.15, -0.1) is 0 Å². The van der Waals surface area contributed by atoms with Gasteiger partial charge in [-0.2, -0.15) is 15.0 Å². The first-order valence-electron chi connectivity index (χ1n) is 11.0. The van der Waals surface area contributed by atoms with Gasteiger partial charge in [-0.25, -0.2) is 4.98 Å². The Labute approximate surface area is 204 Å². The quantitative estimate of drug-likeness (QED) is 0.316. The maximum absolute atomic E-state index is 11.4. The molecule has 0 spiro atoms. The fourth-order valence-corrected chi connectivity index (χ4v) is 2.59. The summed E-state index contributed by atoms with van der Waals surface area (Å²) < 4.78 is 25.4. The molecule has 0 radical (unpaired) electrons. The smallest absolute Gasteiger partial charge is 0.313 e. The monoisotopic (exact) mass is 498 g/mol. The van der Waals surface area contributed by atoms with Crippen LogP contribution in [0.25, 0.3) is 0 Å². The Balaban J connectivity index is 0.000000342. The molecule has 2 rings (SSSR count). The van der Waals surface area contributed by atoms with Crippen LogP contribution < -0.4 is 14.2 Å². The molecule has 0 unspecified atom stereocenters. The Kier molecular flexibility index (Phi) is 13.9. The van der Waals surface area contributed by atoms with Crippen LogP contribution in [0.3, 0.4) is 0 Å². The van der Waals surface area contributed by atoms with E-state index in [1.807, 2.05) is 20.8 Å². The zero-order chi connectivity index (χ0) is 25.3. The van der Waals surface area contributed by atoms with Crippen molar-refractivity contribution in [2.75, 3.05) is 33.0 Å². The van der Waals surface area contributed by atoms with Crippen LogP contribution in [-0.2, 0) is 31.9 Å². The maximum Gasteiger partial charge on any atom is 0.313 e. The Bertz CT molecular complexity index is 891. The predicted molar refractivity (Wildman–Crippen MR) is 123 cm³/mol. The van der Waals surface area contributed by atoms with Crippen LogP contribution >= 0.6 is 11.6 Å². The van der Waals surface area contributed by atoms with Gasteiger partial charge < -0.3 is 23.7 Å². The van der Waals surface area contributed by atoms with Gasteiger partial charge in [-0.05, 0) is 34.6 Å². The van der Waals surface area contributed by atoms with E-state index in [0.717, 1.165) is 0 Å². The summed E-state index contributed by atoms with van der Waals surface area (Å²) >= 11 is 5.76. The SMILES string of the molecule is CCOC(=O)Cc1nc(Cl)cc(OCC)n1.CCOC(=O)Cc1nc(OCC)cc(OCC)n1. The molecule has 0 saturated heterocycles. The van der Waals surface area contributed by atoms with E-state index in [2.05, 4.69) is 19.9 Å². The minimum Gasteiger partial charge on any atom is -0.478 e. The largest absolute Gasteiger partial charge is 0.478 e. The average Bonchev–Trinajstić information content (AvgIpc) is 2.74. The van der Waals surface area contributed by atoms with Gasteiger partial charge in [0.05, 0.1) is 39.1 Å². The molecule has 0 aliphatic heterocycles. The van der Waals surface area contributed by atoms with Gasteiger partial charge in [0, 0.05) is 6.07 Å². The maximum atomic E-state index is 11.4. The van der Waals surface area contributed by atoms with Crippen LogP contribution in [0.4, 0.5) is 0 Å². The molecule has 2 aromatic rings. The summed E-state index contributed by atoms with van der Waals surface area (Å²) in [6.07, 6.45) is 0.00328. The Morgan fingerprint density at radius 2 is 1.03 bits per heavy atom. The molecule has 0 bridgehead atoms. The molecule has 2 aromatic heterocycles. The van der Waals surface area contributed by atoms with Crippen LogP contribution in [0.1, 0.15) is 46.3 Å². The second-order valence-corrected chi connectivity index (χ2v) is 6.56. The van der Waals surface area contributed by atoms with E-state index in [-0.39, 0.29) is 29.9 Å². The van der Waals surface area contributed by atoms with Crippen molar-refractivity contribution >= 4 is 23.5 Å². The highest BCUT2D eigenvalue weighted by Crippen LogP contribution is 2.16. The van der Waals surface area contributed by atoms with Crippen molar-refractivity contribution in [3.63, 3.8) is 0 Å². The van der Waals surface area contributed by atoms with Gasteiger partial charge in [0.1, 0.15) is 29.6 Å². The minimum atomic E-state index is -0.382. The van der Waals surface area contributed by atoms with Crippen LogP contribution in [0.2, 0.25) is 5.15 Å². The summed E-state index contributed by atoms with van der Waals surface area (Å²) in [6, 6.07) is 3.10. The molecule has 188 valence electrons. The molecule has 0 amide bonds. The van der Waals surface area contributed by atoms with E-state index >= 15 is 0 Å². The highest BCUT2D eigenvalue weighted by atomic mass is 35.5. The second-order valence-electron chi connectivity index (χ2n) is 6.17. The lowest BCUT2D eigenvalue weighted by molar-refractivity contribution is -0.143. The summed E-state index contributed by atoms with van der Waals surface area (Å²) in [5.74, 6) is 1.05. The third-order valence-electron chi connectivity index (χ3n) is 3.54. The van der Waals surface area contributed by atoms with Crippen LogP contribution in [-0.4, -0.2) is 64.9 Å². The van der Waals surface area contributed by atoms with Crippen molar-refractivity contribution in [3.05, 3.63) is 28.9 Å². The number of rotatable bonds is 12. The molecular formula is C22H31ClN4O7. The molecule has 0 aliphatic rings. The number of esters is 2. The summed E-state index contributed by atoms with van der Waals surface area (Å²) in [5, 5.41) is 0.248. The lowest BCUT2D eigenvalue weighted by Crippen LogP contribution is -2.11. The summed E-state index contributed by atoms with van der Waals surface area (Å²) in [5.41, 5.74) is 0. The lowest BCUT2D eigenvalue weighted by atomic mass is 10.4. The van der Waals surface area contributed by atoms with Crippen molar-refractivity contribution < 1.29 is 33.3 Å². The molecule has 0 atom stereocenters. The molecule has 0 aromatic carbocycles. The van der Waals surface area contributed by atoms with Gasteiger partial charge in [0.2, 0.25) is 17.6 Å². The molecule has 34 heavy (non-hydrogen) atoms. The van der Waals surface area contributed by atoms with Crippen molar-refractivity contribution in [1.29, 1.82) is 0 Å². The van der Waals surface area contributed by atoms with Crippen molar-refractivity contribution in [2.45, 2.75) is 47.5 Å². The summed E-state index contributed by atoms with van der Waals surface area (Å²) in [7, 11) is 0. The molecule has 11 nitrogen and oxygen atoms in total. The van der Waals surface area contributed by atoms with Gasteiger partial charge in [-0.3, -0.25) is 9.59 Å². The highest BCUT2D eigenvalue weighted by molar-refractivity contribution is 6.29. The Hall–Kier alpha value is -3.21. The van der Waals surface area contributed by atoms with Crippen molar-refractivity contribution in [2.24, 2.45) is 0 Å². The van der Waals surface area contributed by atoms with Gasteiger partial charge in [0.15, 0.2) is 0 Å². The molecule has 12 heteroatoms. The zero-order valence-electron chi connectivity index (χ0n) is 20.1. The summed E-state index contributed by atoms with van der Waals surface area (Å²) in [4.78, 5) is 38.7. The van der Waals surface area contributed by atoms with E-state index in [0.29, 0.717) is 62.3 Å². The number of halogens is 1. The first-order chi connectivity index (χ1) is 16.3. The fraction of sp³-hybridized carbons (Fsp3) is 0.545. The van der Waals surface area contributed by atoms with E-state index in [4.69, 9.17) is 35.3 Å². The topological polar surface area (TPSA) is 132 Å². The normalized spacial score (nSPS) is 9.94. The molecule has 0 fully saturated rings. The van der Waals surface area contributed by atoms with Gasteiger partial charge >= 0.3 is 11.9 Å². The molecule has 2 heterocycles. The Morgan fingerprint density at radius 1 is 0.647 bits per heavy atom. The van der Waals surface area contributed by atoms with E-state index in [1.165, 1.54) is 6.07 Å². The van der Waals surface area contributed by atoms with Crippen LogP contribution in [0.15, 0.2) is 12.1 Å². The number of nitrogens with zero attached hydrogens (tertiary/aromatic N) is 4. The lowest BCUT2D eigenvalue weighted by Gasteiger charge is -2.08. The molecule has 0 saturated carbocycles. The first kappa shape index (κ1) is 28.8. The van der Waals surface area contributed by atoms with Crippen molar-refractivity contribution in [3.8, 4) is 17.6 Å². The summed E-state index contributed by atoms with van der Waals surface area (Å²) in [6.45, 7) is 11.2. The third-order valence-corrected chi connectivity index (χ3v) is 3.73. The number of ether oxygens (including phenoxy) is 5. The Morgan fingerprint density at radius 3 is 1.41 bits per heavy atom. The average molecular weight is 499 g/mol. The van der Waals surface area contributed by atoms with E-state index in [1.54, 1.807) is 19.9 Å². The minimum absolute atomic E-state index is 0.00548. The number of carbonyl (C=O) groups excluding carboxylic acids is 2. The molecule has 0 N–H and O–H groups in total. The van der Waals surface area contributed by atoms with E-state index < -0.39 is 0 Å². The standard InChI is InChI=1S/C12H18N2O4.C10H13ClN2O3/c1-4-16-10-8-11(17-5-2)14-9(13-10)7-12(15)18-6-3;1-3-15-9-5-7(11)12-8(13-9)6-10(14)16-4-2/h8H,4-7H2,1-3H3;5H,3-4,6H2,1-2H3. The highest BCUT2D eigenvalue weighted by Gasteiger charge is 2.12. The number of hydrogen-bond acceptors (Lipinski definition) is 11. The predicted octanol–water partition coefficient (Wildman–Crippen LogP) is 3.01. The van der Waals surface area contributed by atoms with Gasteiger partial charge in [0.25, 0.3) is 0 Å². The number of carbonyl (C=O) groups is 2. The molecule has 0 aliphatic carbocycles. The second kappa shape index (κ2) is 16.4. The molecular weight excluding hydrogens is 468 g/mol. The van der Waals surface area contributed by atoms with Crippen molar-refractivity contribution in [1.82, 2.24) is 19.9 Å². The zero-order valence-corrected chi connectivity index (χ0v) is 20.9. The van der Waals surface area contributed by atoms with Crippen LogP contribution in [0, 0.1) is 0 Å². The first-order valence-corrected chi connectivity index (χ1v) is 11.3. The number of aromatic nitrogens is 4. The fourth-order valence-electron chi connectivity index (χ4n) is 2.40. The van der Waals surface area contributed by atoms with Gasteiger partial charge in [-0.1, -0.05) is 11.6 Å². The number of hydrogen-bond donors (Lipinski definition) is 0. The third kappa shape index (κ3) is 11.6. The van der Waals surface area contributed by atoms with Crippen LogP contribution in [0.5, 0.6) is 17.6 Å². The van der Waals surface area contributed by atoms with E-state index in [9.17, 15) is 9.59 Å².